The van der Waals surface area contributed by atoms with Gasteiger partial charge >= 0.3 is 0 Å². The van der Waals surface area contributed by atoms with E-state index in [2.05, 4.69) is 23.3 Å². The lowest BCUT2D eigenvalue weighted by Gasteiger charge is -2.29. The van der Waals surface area contributed by atoms with Gasteiger partial charge in [-0.05, 0) is 37.8 Å². The molecule has 0 spiro atoms. The predicted octanol–water partition coefficient (Wildman–Crippen LogP) is 4.08. The summed E-state index contributed by atoms with van der Waals surface area (Å²) in [7, 11) is 0. The van der Waals surface area contributed by atoms with Crippen LogP contribution in [0.4, 0.5) is 0 Å². The highest BCUT2D eigenvalue weighted by Crippen LogP contribution is 2.26. The molecule has 3 rings (SSSR count). The van der Waals surface area contributed by atoms with E-state index in [1.807, 2.05) is 31.2 Å². The van der Waals surface area contributed by atoms with Gasteiger partial charge in [0.05, 0.1) is 0 Å². The van der Waals surface area contributed by atoms with E-state index in [0.717, 1.165) is 41.4 Å². The molecule has 4 heteroatoms. The largest absolute Gasteiger partial charge is 0.358 e. The zero-order valence-electron chi connectivity index (χ0n) is 14.2. The highest BCUT2D eigenvalue weighted by molar-refractivity contribution is 6.04. The number of hydrogen-bond donors (Lipinski definition) is 2. The monoisotopic (exact) mass is 321 g/mol. The van der Waals surface area contributed by atoms with Gasteiger partial charge in [0, 0.05) is 28.2 Å². The molecule has 0 bridgehead atoms. The molecule has 24 heavy (non-hydrogen) atoms. The topological polar surface area (TPSA) is 68.7 Å². The quantitative estimate of drug-likeness (QED) is 0.660. The van der Waals surface area contributed by atoms with Crippen LogP contribution >= 0.6 is 0 Å². The number of rotatable bonds is 3. The smallest absolute Gasteiger partial charge is 0.262 e. The van der Waals surface area contributed by atoms with E-state index in [1.54, 1.807) is 6.08 Å². The Morgan fingerprint density at radius 2 is 2.08 bits per heavy atom. The minimum absolute atomic E-state index is 0.167. The SMILES string of the molecule is Cc1[nH]c2ccccc2c1C=C(C#N)C(=O)NC1CCCCC1C. The molecule has 2 unspecified atom stereocenters. The molecule has 2 N–H and O–H groups in total. The minimum atomic E-state index is -0.263. The number of carbonyl (C=O) groups excluding carboxylic acids is 1. The molecule has 1 fully saturated rings. The number of aromatic nitrogens is 1. The van der Waals surface area contributed by atoms with E-state index in [1.165, 1.54) is 6.42 Å². The molecule has 1 aliphatic carbocycles. The Hall–Kier alpha value is -2.54. The van der Waals surface area contributed by atoms with Crippen LogP contribution in [-0.2, 0) is 4.79 Å². The average molecular weight is 321 g/mol. The molecule has 124 valence electrons. The van der Waals surface area contributed by atoms with Gasteiger partial charge in [0.15, 0.2) is 0 Å². The number of nitriles is 1. The van der Waals surface area contributed by atoms with Gasteiger partial charge in [-0.2, -0.15) is 5.26 Å². The van der Waals surface area contributed by atoms with Gasteiger partial charge in [0.2, 0.25) is 0 Å². The van der Waals surface area contributed by atoms with E-state index < -0.39 is 0 Å². The summed E-state index contributed by atoms with van der Waals surface area (Å²) in [6, 6.07) is 10.2. The standard InChI is InChI=1S/C20H23N3O/c1-13-7-3-5-9-18(13)23-20(24)15(12-21)11-17-14(2)22-19-10-6-4-8-16(17)19/h4,6,8,10-11,13,18,22H,3,5,7,9H2,1-2H3,(H,23,24). The van der Waals surface area contributed by atoms with E-state index in [4.69, 9.17) is 0 Å². The van der Waals surface area contributed by atoms with E-state index in [0.29, 0.717) is 5.92 Å². The molecule has 4 nitrogen and oxygen atoms in total. The molecule has 1 saturated carbocycles. The first-order chi connectivity index (χ1) is 11.6. The van der Waals surface area contributed by atoms with Crippen molar-refractivity contribution in [1.82, 2.24) is 10.3 Å². The highest BCUT2D eigenvalue weighted by Gasteiger charge is 2.24. The van der Waals surface area contributed by atoms with Crippen molar-refractivity contribution in [3.8, 4) is 6.07 Å². The van der Waals surface area contributed by atoms with Gasteiger partial charge < -0.3 is 10.3 Å². The Balaban J connectivity index is 1.87. The lowest BCUT2D eigenvalue weighted by Crippen LogP contribution is -2.41. The molecular formula is C20H23N3O. The third-order valence-corrected chi connectivity index (χ3v) is 5.03. The van der Waals surface area contributed by atoms with Gasteiger partial charge in [-0.3, -0.25) is 4.79 Å². The highest BCUT2D eigenvalue weighted by atomic mass is 16.1. The number of para-hydroxylation sites is 1. The molecule has 1 aromatic heterocycles. The fourth-order valence-corrected chi connectivity index (χ4v) is 3.55. The number of hydrogen-bond acceptors (Lipinski definition) is 2. The van der Waals surface area contributed by atoms with Crippen molar-refractivity contribution in [1.29, 1.82) is 5.26 Å². The van der Waals surface area contributed by atoms with Crippen molar-refractivity contribution in [3.05, 3.63) is 41.1 Å². The second kappa shape index (κ2) is 6.92. The van der Waals surface area contributed by atoms with Crippen molar-refractivity contribution in [2.45, 2.75) is 45.6 Å². The van der Waals surface area contributed by atoms with Crippen molar-refractivity contribution in [2.75, 3.05) is 0 Å². The van der Waals surface area contributed by atoms with Crippen LogP contribution in [0.15, 0.2) is 29.8 Å². The number of H-pyrrole nitrogens is 1. The predicted molar refractivity (Wildman–Crippen MR) is 96.2 cm³/mol. The summed E-state index contributed by atoms with van der Waals surface area (Å²) >= 11 is 0. The average Bonchev–Trinajstić information content (AvgIpc) is 2.90. The molecule has 1 aliphatic rings. The Morgan fingerprint density at radius 1 is 1.33 bits per heavy atom. The number of nitrogens with zero attached hydrogens (tertiary/aromatic N) is 1. The summed E-state index contributed by atoms with van der Waals surface area (Å²) in [5.41, 5.74) is 3.05. The van der Waals surface area contributed by atoms with Crippen LogP contribution in [0, 0.1) is 24.2 Å². The second-order valence-corrected chi connectivity index (χ2v) is 6.72. The van der Waals surface area contributed by atoms with Crippen molar-refractivity contribution in [3.63, 3.8) is 0 Å². The first-order valence-corrected chi connectivity index (χ1v) is 8.60. The zero-order chi connectivity index (χ0) is 17.1. The Bertz CT molecular complexity index is 825. The normalized spacial score (nSPS) is 21.5. The maximum absolute atomic E-state index is 12.5. The third-order valence-electron chi connectivity index (χ3n) is 5.03. The van der Waals surface area contributed by atoms with Crippen molar-refractivity contribution in [2.24, 2.45) is 5.92 Å². The van der Waals surface area contributed by atoms with E-state index in [-0.39, 0.29) is 17.5 Å². The lowest BCUT2D eigenvalue weighted by atomic mass is 9.86. The molecule has 2 aromatic rings. The Kier molecular flexibility index (Phi) is 4.71. The zero-order valence-corrected chi connectivity index (χ0v) is 14.2. The van der Waals surface area contributed by atoms with Crippen LogP contribution in [0.2, 0.25) is 0 Å². The van der Waals surface area contributed by atoms with Crippen LogP contribution in [0.1, 0.15) is 43.9 Å². The Morgan fingerprint density at radius 3 is 2.83 bits per heavy atom. The molecule has 0 radical (unpaired) electrons. The molecule has 1 heterocycles. The second-order valence-electron chi connectivity index (χ2n) is 6.72. The summed E-state index contributed by atoms with van der Waals surface area (Å²) in [6.07, 6.45) is 6.21. The van der Waals surface area contributed by atoms with Crippen molar-refractivity contribution >= 4 is 22.9 Å². The number of aryl methyl sites for hydroxylation is 1. The maximum Gasteiger partial charge on any atom is 0.262 e. The molecule has 0 aliphatic heterocycles. The van der Waals surface area contributed by atoms with Gasteiger partial charge in [0.25, 0.3) is 5.91 Å². The summed E-state index contributed by atoms with van der Waals surface area (Å²) in [4.78, 5) is 15.8. The van der Waals surface area contributed by atoms with Crippen LogP contribution in [-0.4, -0.2) is 16.9 Å². The number of amides is 1. The number of aromatic amines is 1. The number of carbonyl (C=O) groups is 1. The fourth-order valence-electron chi connectivity index (χ4n) is 3.55. The van der Waals surface area contributed by atoms with Crippen molar-refractivity contribution < 1.29 is 4.79 Å². The van der Waals surface area contributed by atoms with Crippen LogP contribution < -0.4 is 5.32 Å². The number of nitrogens with one attached hydrogen (secondary N) is 2. The van der Waals surface area contributed by atoms with Gasteiger partial charge in [-0.15, -0.1) is 0 Å². The molecule has 0 saturated heterocycles. The first-order valence-electron chi connectivity index (χ1n) is 8.60. The maximum atomic E-state index is 12.5. The van der Waals surface area contributed by atoms with Crippen LogP contribution in [0.25, 0.3) is 17.0 Å². The third kappa shape index (κ3) is 3.21. The number of benzene rings is 1. The molecule has 1 aromatic carbocycles. The number of fused-ring (bicyclic) bond motifs is 1. The van der Waals surface area contributed by atoms with E-state index >= 15 is 0 Å². The summed E-state index contributed by atoms with van der Waals surface area (Å²) < 4.78 is 0. The summed E-state index contributed by atoms with van der Waals surface area (Å²) in [5.74, 6) is 0.207. The lowest BCUT2D eigenvalue weighted by molar-refractivity contribution is -0.118. The summed E-state index contributed by atoms with van der Waals surface area (Å²) in [5, 5.41) is 13.6. The molecule has 1 amide bonds. The fraction of sp³-hybridized carbons (Fsp3) is 0.400. The first kappa shape index (κ1) is 16.3. The van der Waals surface area contributed by atoms with Crippen LogP contribution in [0.5, 0.6) is 0 Å². The van der Waals surface area contributed by atoms with Gasteiger partial charge in [0.1, 0.15) is 11.6 Å². The summed E-state index contributed by atoms with van der Waals surface area (Å²) in [6.45, 7) is 4.13. The van der Waals surface area contributed by atoms with Gasteiger partial charge in [-0.25, -0.2) is 0 Å². The molecule has 2 atom stereocenters. The molecular weight excluding hydrogens is 298 g/mol. The van der Waals surface area contributed by atoms with Gasteiger partial charge in [-0.1, -0.05) is 38.0 Å². The van der Waals surface area contributed by atoms with Crippen LogP contribution in [0.3, 0.4) is 0 Å². The van der Waals surface area contributed by atoms with E-state index in [9.17, 15) is 10.1 Å². The minimum Gasteiger partial charge on any atom is -0.358 e. The Labute approximate surface area is 142 Å².